The molecule has 0 radical (unpaired) electrons. The van der Waals surface area contributed by atoms with E-state index in [1.807, 2.05) is 32.0 Å². The zero-order valence-electron chi connectivity index (χ0n) is 19.4. The number of aryl methyl sites for hydroxylation is 1. The van der Waals surface area contributed by atoms with E-state index in [-0.39, 0.29) is 5.91 Å². The van der Waals surface area contributed by atoms with E-state index < -0.39 is 16.1 Å². The fourth-order valence-corrected chi connectivity index (χ4v) is 5.47. The Morgan fingerprint density at radius 1 is 1.06 bits per heavy atom. The molecule has 1 aliphatic rings. The van der Waals surface area contributed by atoms with Crippen LogP contribution in [0.15, 0.2) is 48.5 Å². The average Bonchev–Trinajstić information content (AvgIpc) is 2.76. The molecule has 0 unspecified atom stereocenters. The summed E-state index contributed by atoms with van der Waals surface area (Å²) in [6, 6.07) is 14.7. The first-order chi connectivity index (χ1) is 15.3. The molecule has 1 atom stereocenters. The van der Waals surface area contributed by atoms with Crippen LogP contribution in [-0.4, -0.2) is 44.6 Å². The number of anilines is 1. The Kier molecular flexibility index (Phi) is 8.32. The first kappa shape index (κ1) is 24.3. The first-order valence-electron chi connectivity index (χ1n) is 11.4. The van der Waals surface area contributed by atoms with Gasteiger partial charge in [-0.25, -0.2) is 8.42 Å². The van der Waals surface area contributed by atoms with Crippen LogP contribution in [0.3, 0.4) is 0 Å². The van der Waals surface area contributed by atoms with Gasteiger partial charge in [0.05, 0.1) is 11.9 Å². The maximum atomic E-state index is 13.0. The molecule has 0 bridgehead atoms. The number of benzene rings is 2. The summed E-state index contributed by atoms with van der Waals surface area (Å²) >= 11 is 0. The lowest BCUT2D eigenvalue weighted by Crippen LogP contribution is -2.49. The molecule has 1 N–H and O–H groups in total. The highest BCUT2D eigenvalue weighted by molar-refractivity contribution is 7.92. The molecule has 0 saturated carbocycles. The van der Waals surface area contributed by atoms with E-state index in [4.69, 9.17) is 0 Å². The van der Waals surface area contributed by atoms with Crippen LogP contribution < -0.4 is 9.62 Å². The number of piperidine rings is 1. The molecule has 32 heavy (non-hydrogen) atoms. The summed E-state index contributed by atoms with van der Waals surface area (Å²) in [5.74, 6) is -0.295. The Bertz CT molecular complexity index is 999. The molecule has 6 nitrogen and oxygen atoms in total. The third kappa shape index (κ3) is 6.56. The van der Waals surface area contributed by atoms with Crippen molar-refractivity contribution in [1.82, 2.24) is 10.2 Å². The molecule has 7 heteroatoms. The van der Waals surface area contributed by atoms with Gasteiger partial charge in [-0.05, 0) is 68.1 Å². The number of sulfonamides is 1. The Balaban J connectivity index is 1.65. The van der Waals surface area contributed by atoms with Crippen molar-refractivity contribution >= 4 is 21.6 Å². The Labute approximate surface area is 192 Å². The second-order valence-electron chi connectivity index (χ2n) is 8.69. The Morgan fingerprint density at radius 3 is 2.31 bits per heavy atom. The highest BCUT2D eigenvalue weighted by atomic mass is 32.2. The molecule has 0 aromatic heterocycles. The van der Waals surface area contributed by atoms with Crippen molar-refractivity contribution < 1.29 is 13.2 Å². The van der Waals surface area contributed by atoms with E-state index in [2.05, 4.69) is 22.3 Å². The van der Waals surface area contributed by atoms with E-state index in [0.717, 1.165) is 37.0 Å². The van der Waals surface area contributed by atoms with Crippen LogP contribution in [0, 0.1) is 6.92 Å². The molecule has 0 aliphatic carbocycles. The van der Waals surface area contributed by atoms with Crippen molar-refractivity contribution in [2.75, 3.05) is 23.7 Å². The standard InChI is InChI=1S/C25H35N3O3S/c1-4-24(28(32(3,30)31)23-10-8-9-20(2)17-23)25(29)26-18-21-11-13-22(14-12-21)19-27-15-6-5-7-16-27/h8-14,17,24H,4-7,15-16,18-19H2,1-3H3,(H,26,29)/t24-/m0/s1. The van der Waals surface area contributed by atoms with Crippen LogP contribution in [0.2, 0.25) is 0 Å². The number of hydrogen-bond acceptors (Lipinski definition) is 4. The lowest BCUT2D eigenvalue weighted by molar-refractivity contribution is -0.122. The van der Waals surface area contributed by atoms with E-state index in [9.17, 15) is 13.2 Å². The molecule has 1 fully saturated rings. The van der Waals surface area contributed by atoms with Gasteiger partial charge in [0.15, 0.2) is 0 Å². The van der Waals surface area contributed by atoms with Gasteiger partial charge in [-0.1, -0.05) is 49.7 Å². The zero-order valence-corrected chi connectivity index (χ0v) is 20.2. The molecule has 1 amide bonds. The third-order valence-electron chi connectivity index (χ3n) is 5.93. The van der Waals surface area contributed by atoms with E-state index in [0.29, 0.717) is 18.7 Å². The summed E-state index contributed by atoms with van der Waals surface area (Å²) in [6.07, 6.45) is 5.40. The molecular weight excluding hydrogens is 422 g/mol. The second kappa shape index (κ2) is 11.0. The van der Waals surface area contributed by atoms with Crippen molar-refractivity contribution in [3.63, 3.8) is 0 Å². The molecule has 0 spiro atoms. The molecule has 3 rings (SSSR count). The molecule has 1 saturated heterocycles. The number of carbonyl (C=O) groups excluding carboxylic acids is 1. The quantitative estimate of drug-likeness (QED) is 0.621. The number of rotatable bonds is 9. The summed E-state index contributed by atoms with van der Waals surface area (Å²) in [7, 11) is -3.63. The second-order valence-corrected chi connectivity index (χ2v) is 10.6. The van der Waals surface area contributed by atoms with Crippen LogP contribution in [-0.2, 0) is 27.9 Å². The number of likely N-dealkylation sites (tertiary alicyclic amines) is 1. The van der Waals surface area contributed by atoms with Crippen molar-refractivity contribution in [2.45, 2.75) is 58.7 Å². The molecule has 1 heterocycles. The predicted octanol–water partition coefficient (Wildman–Crippen LogP) is 3.84. The van der Waals surface area contributed by atoms with Crippen molar-refractivity contribution in [1.29, 1.82) is 0 Å². The normalized spacial score (nSPS) is 15.8. The molecule has 2 aromatic carbocycles. The Morgan fingerprint density at radius 2 is 1.72 bits per heavy atom. The predicted molar refractivity (Wildman–Crippen MR) is 130 cm³/mol. The lowest BCUT2D eigenvalue weighted by atomic mass is 10.1. The highest BCUT2D eigenvalue weighted by Crippen LogP contribution is 2.23. The molecule has 174 valence electrons. The van der Waals surface area contributed by atoms with E-state index in [1.54, 1.807) is 18.2 Å². The number of nitrogens with zero attached hydrogens (tertiary/aromatic N) is 2. The van der Waals surface area contributed by atoms with Gasteiger partial charge in [-0.15, -0.1) is 0 Å². The summed E-state index contributed by atoms with van der Waals surface area (Å²) in [6.45, 7) is 7.38. The summed E-state index contributed by atoms with van der Waals surface area (Å²) < 4.78 is 26.4. The van der Waals surface area contributed by atoms with Gasteiger partial charge in [0, 0.05) is 13.1 Å². The lowest BCUT2D eigenvalue weighted by Gasteiger charge is -2.30. The van der Waals surface area contributed by atoms with Gasteiger partial charge in [0.2, 0.25) is 15.9 Å². The number of nitrogens with one attached hydrogen (secondary N) is 1. The summed E-state index contributed by atoms with van der Waals surface area (Å²) in [4.78, 5) is 15.5. The Hall–Kier alpha value is -2.38. The monoisotopic (exact) mass is 457 g/mol. The van der Waals surface area contributed by atoms with Gasteiger partial charge in [-0.3, -0.25) is 14.0 Å². The maximum absolute atomic E-state index is 13.0. The largest absolute Gasteiger partial charge is 0.350 e. The fraction of sp³-hybridized carbons (Fsp3) is 0.480. The first-order valence-corrected chi connectivity index (χ1v) is 13.3. The van der Waals surface area contributed by atoms with Crippen molar-refractivity contribution in [2.24, 2.45) is 0 Å². The fourth-order valence-electron chi connectivity index (χ4n) is 4.27. The smallest absolute Gasteiger partial charge is 0.244 e. The minimum atomic E-state index is -3.63. The molecule has 2 aromatic rings. The molecule has 1 aliphatic heterocycles. The van der Waals surface area contributed by atoms with Crippen molar-refractivity contribution in [3.8, 4) is 0 Å². The van der Waals surface area contributed by atoms with Gasteiger partial charge in [0.25, 0.3) is 0 Å². The van der Waals surface area contributed by atoms with Crippen molar-refractivity contribution in [3.05, 3.63) is 65.2 Å². The van der Waals surface area contributed by atoms with Crippen LogP contribution in [0.1, 0.15) is 49.3 Å². The average molecular weight is 458 g/mol. The maximum Gasteiger partial charge on any atom is 0.244 e. The number of carbonyl (C=O) groups is 1. The van der Waals surface area contributed by atoms with Gasteiger partial charge in [-0.2, -0.15) is 0 Å². The minimum absolute atomic E-state index is 0.295. The van der Waals surface area contributed by atoms with Gasteiger partial charge < -0.3 is 5.32 Å². The summed E-state index contributed by atoms with van der Waals surface area (Å²) in [5, 5.41) is 2.93. The SMILES string of the molecule is CC[C@@H](C(=O)NCc1ccc(CN2CCCCC2)cc1)N(c1cccc(C)c1)S(C)(=O)=O. The van der Waals surface area contributed by atoms with Crippen LogP contribution in [0.5, 0.6) is 0 Å². The van der Waals surface area contributed by atoms with Gasteiger partial charge >= 0.3 is 0 Å². The van der Waals surface area contributed by atoms with Crippen LogP contribution in [0.25, 0.3) is 0 Å². The number of amides is 1. The topological polar surface area (TPSA) is 69.7 Å². The third-order valence-corrected chi connectivity index (χ3v) is 7.11. The number of hydrogen-bond donors (Lipinski definition) is 1. The highest BCUT2D eigenvalue weighted by Gasteiger charge is 2.31. The van der Waals surface area contributed by atoms with E-state index >= 15 is 0 Å². The van der Waals surface area contributed by atoms with Crippen LogP contribution >= 0.6 is 0 Å². The zero-order chi connectivity index (χ0) is 23.1. The minimum Gasteiger partial charge on any atom is -0.350 e. The van der Waals surface area contributed by atoms with E-state index in [1.165, 1.54) is 29.1 Å². The summed E-state index contributed by atoms with van der Waals surface area (Å²) in [5.41, 5.74) is 3.72. The van der Waals surface area contributed by atoms with Gasteiger partial charge in [0.1, 0.15) is 6.04 Å². The van der Waals surface area contributed by atoms with Crippen LogP contribution in [0.4, 0.5) is 5.69 Å². The molecular formula is C25H35N3O3S.